The van der Waals surface area contributed by atoms with Crippen molar-refractivity contribution in [1.29, 1.82) is 0 Å². The Hall–Kier alpha value is -0.820. The second-order valence-electron chi connectivity index (χ2n) is 6.09. The van der Waals surface area contributed by atoms with Gasteiger partial charge in [0.25, 0.3) is 0 Å². The average molecular weight is 445 g/mol. The van der Waals surface area contributed by atoms with Crippen LogP contribution in [0.3, 0.4) is 0 Å². The van der Waals surface area contributed by atoms with Crippen LogP contribution in [-0.2, 0) is 11.2 Å². The van der Waals surface area contributed by atoms with E-state index < -0.39 is 0 Å². The molecule has 0 bridgehead atoms. The molecular weight excluding hydrogens is 413 g/mol. The SMILES string of the molecule is CCNC(=NCCCOCCc1ccccc1)NC1CCCC1.I. The third kappa shape index (κ3) is 8.87. The number of guanidine groups is 1. The number of aliphatic imine (C=N–C) groups is 1. The van der Waals surface area contributed by atoms with E-state index in [0.29, 0.717) is 6.04 Å². The first kappa shape index (κ1) is 21.2. The maximum Gasteiger partial charge on any atom is 0.191 e. The molecule has 1 fully saturated rings. The molecule has 0 atom stereocenters. The van der Waals surface area contributed by atoms with Crippen molar-refractivity contribution in [1.82, 2.24) is 10.6 Å². The average Bonchev–Trinajstić information content (AvgIpc) is 3.08. The molecule has 1 aliphatic carbocycles. The predicted octanol–water partition coefficient (Wildman–Crippen LogP) is 3.75. The van der Waals surface area contributed by atoms with Crippen molar-refractivity contribution in [2.75, 3.05) is 26.3 Å². The Bertz CT molecular complexity index is 447. The molecule has 1 aromatic carbocycles. The Labute approximate surface area is 163 Å². The van der Waals surface area contributed by atoms with Crippen LogP contribution in [0.15, 0.2) is 35.3 Å². The van der Waals surface area contributed by atoms with E-state index in [4.69, 9.17) is 4.74 Å². The van der Waals surface area contributed by atoms with Gasteiger partial charge in [0.2, 0.25) is 0 Å². The number of rotatable bonds is 9. The van der Waals surface area contributed by atoms with Gasteiger partial charge in [-0.25, -0.2) is 0 Å². The van der Waals surface area contributed by atoms with Crippen LogP contribution < -0.4 is 10.6 Å². The monoisotopic (exact) mass is 445 g/mol. The minimum absolute atomic E-state index is 0. The molecule has 0 aromatic heterocycles. The predicted molar refractivity (Wildman–Crippen MR) is 112 cm³/mol. The van der Waals surface area contributed by atoms with Crippen molar-refractivity contribution >= 4 is 29.9 Å². The van der Waals surface area contributed by atoms with Crippen molar-refractivity contribution in [3.63, 3.8) is 0 Å². The summed E-state index contributed by atoms with van der Waals surface area (Å²) in [6.07, 6.45) is 7.17. The zero-order valence-electron chi connectivity index (χ0n) is 14.8. The minimum atomic E-state index is 0. The van der Waals surface area contributed by atoms with E-state index in [2.05, 4.69) is 46.8 Å². The molecule has 0 saturated heterocycles. The van der Waals surface area contributed by atoms with Crippen LogP contribution in [-0.4, -0.2) is 38.3 Å². The van der Waals surface area contributed by atoms with Gasteiger partial charge in [-0.05, 0) is 38.2 Å². The summed E-state index contributed by atoms with van der Waals surface area (Å²) < 4.78 is 5.70. The number of ether oxygens (including phenoxy) is 1. The van der Waals surface area contributed by atoms with Crippen LogP contribution >= 0.6 is 24.0 Å². The van der Waals surface area contributed by atoms with Gasteiger partial charge >= 0.3 is 0 Å². The number of hydrogen-bond acceptors (Lipinski definition) is 2. The Balaban J connectivity index is 0.00000288. The summed E-state index contributed by atoms with van der Waals surface area (Å²) >= 11 is 0. The first-order valence-electron chi connectivity index (χ1n) is 9.05. The normalized spacial score (nSPS) is 15.1. The summed E-state index contributed by atoms with van der Waals surface area (Å²) in [5.41, 5.74) is 1.33. The van der Waals surface area contributed by atoms with Gasteiger partial charge in [0.05, 0.1) is 6.61 Å². The van der Waals surface area contributed by atoms with E-state index in [1.807, 2.05) is 6.07 Å². The van der Waals surface area contributed by atoms with E-state index in [0.717, 1.165) is 45.1 Å². The molecule has 1 aliphatic rings. The van der Waals surface area contributed by atoms with Gasteiger partial charge in [-0.3, -0.25) is 4.99 Å². The van der Waals surface area contributed by atoms with E-state index >= 15 is 0 Å². The van der Waals surface area contributed by atoms with E-state index in [9.17, 15) is 0 Å². The molecule has 0 aliphatic heterocycles. The van der Waals surface area contributed by atoms with Crippen LogP contribution in [0.2, 0.25) is 0 Å². The van der Waals surface area contributed by atoms with Crippen molar-refractivity contribution in [3.05, 3.63) is 35.9 Å². The molecule has 2 rings (SSSR count). The summed E-state index contributed by atoms with van der Waals surface area (Å²) in [6, 6.07) is 11.1. The highest BCUT2D eigenvalue weighted by Gasteiger charge is 2.15. The van der Waals surface area contributed by atoms with Gasteiger partial charge in [-0.1, -0.05) is 43.2 Å². The second kappa shape index (κ2) is 13.5. The van der Waals surface area contributed by atoms with Gasteiger partial charge in [-0.2, -0.15) is 0 Å². The minimum Gasteiger partial charge on any atom is -0.381 e. The molecular formula is C19H32IN3O. The van der Waals surface area contributed by atoms with Crippen LogP contribution in [0.25, 0.3) is 0 Å². The molecule has 0 radical (unpaired) electrons. The smallest absolute Gasteiger partial charge is 0.191 e. The van der Waals surface area contributed by atoms with Crippen molar-refractivity contribution in [2.45, 2.75) is 51.5 Å². The molecule has 0 heterocycles. The number of benzene rings is 1. The lowest BCUT2D eigenvalue weighted by Crippen LogP contribution is -2.42. The quantitative estimate of drug-likeness (QED) is 0.264. The third-order valence-electron chi connectivity index (χ3n) is 4.13. The fraction of sp³-hybridized carbons (Fsp3) is 0.632. The van der Waals surface area contributed by atoms with Crippen molar-refractivity contribution < 1.29 is 4.74 Å². The van der Waals surface area contributed by atoms with Gasteiger partial charge in [0.1, 0.15) is 0 Å². The van der Waals surface area contributed by atoms with E-state index in [-0.39, 0.29) is 24.0 Å². The standard InChI is InChI=1S/C19H31N3O.HI/c1-2-20-19(22-18-11-6-7-12-18)21-14-8-15-23-16-13-17-9-4-3-5-10-17;/h3-5,9-10,18H,2,6-8,11-16H2,1H3,(H2,20,21,22);1H. The van der Waals surface area contributed by atoms with E-state index in [1.165, 1.54) is 31.2 Å². The molecule has 1 aromatic rings. The molecule has 0 unspecified atom stereocenters. The Morgan fingerprint density at radius 2 is 1.92 bits per heavy atom. The first-order chi connectivity index (χ1) is 11.4. The molecule has 0 amide bonds. The van der Waals surface area contributed by atoms with Crippen molar-refractivity contribution in [2.24, 2.45) is 4.99 Å². The summed E-state index contributed by atoms with van der Waals surface area (Å²) in [5, 5.41) is 6.87. The zero-order chi connectivity index (χ0) is 16.2. The molecule has 24 heavy (non-hydrogen) atoms. The zero-order valence-corrected chi connectivity index (χ0v) is 17.1. The fourth-order valence-electron chi connectivity index (χ4n) is 2.88. The Morgan fingerprint density at radius 1 is 1.17 bits per heavy atom. The number of nitrogens with one attached hydrogen (secondary N) is 2. The highest BCUT2D eigenvalue weighted by atomic mass is 127. The topological polar surface area (TPSA) is 45.7 Å². The summed E-state index contributed by atoms with van der Waals surface area (Å²) in [7, 11) is 0. The van der Waals surface area contributed by atoms with E-state index in [1.54, 1.807) is 0 Å². The van der Waals surface area contributed by atoms with Crippen molar-refractivity contribution in [3.8, 4) is 0 Å². The van der Waals surface area contributed by atoms with Crippen LogP contribution in [0, 0.1) is 0 Å². The Morgan fingerprint density at radius 3 is 2.62 bits per heavy atom. The lowest BCUT2D eigenvalue weighted by molar-refractivity contribution is 0.136. The molecule has 5 heteroatoms. The van der Waals surface area contributed by atoms with Gasteiger partial charge < -0.3 is 15.4 Å². The summed E-state index contributed by atoms with van der Waals surface area (Å²) in [5.74, 6) is 0.962. The maximum absolute atomic E-state index is 5.70. The number of hydrogen-bond donors (Lipinski definition) is 2. The number of halogens is 1. The third-order valence-corrected chi connectivity index (χ3v) is 4.13. The summed E-state index contributed by atoms with van der Waals surface area (Å²) in [6.45, 7) is 5.39. The number of nitrogens with zero attached hydrogens (tertiary/aromatic N) is 1. The molecule has 1 saturated carbocycles. The first-order valence-corrected chi connectivity index (χ1v) is 9.05. The lowest BCUT2D eigenvalue weighted by Gasteiger charge is -2.16. The highest BCUT2D eigenvalue weighted by Crippen LogP contribution is 2.17. The maximum atomic E-state index is 5.70. The molecule has 0 spiro atoms. The van der Waals surface area contributed by atoms with Gasteiger partial charge in [0.15, 0.2) is 5.96 Å². The van der Waals surface area contributed by atoms with Crippen LogP contribution in [0.4, 0.5) is 0 Å². The van der Waals surface area contributed by atoms with Gasteiger partial charge in [0, 0.05) is 25.7 Å². The van der Waals surface area contributed by atoms with Crippen LogP contribution in [0.5, 0.6) is 0 Å². The molecule has 2 N–H and O–H groups in total. The summed E-state index contributed by atoms with van der Waals surface area (Å²) in [4.78, 5) is 4.65. The second-order valence-corrected chi connectivity index (χ2v) is 6.09. The highest BCUT2D eigenvalue weighted by molar-refractivity contribution is 14.0. The molecule has 4 nitrogen and oxygen atoms in total. The fourth-order valence-corrected chi connectivity index (χ4v) is 2.88. The lowest BCUT2D eigenvalue weighted by atomic mass is 10.2. The van der Waals surface area contributed by atoms with Gasteiger partial charge in [-0.15, -0.1) is 24.0 Å². The Kier molecular flexibility index (Phi) is 11.9. The largest absolute Gasteiger partial charge is 0.381 e. The molecule has 136 valence electrons. The van der Waals surface area contributed by atoms with Crippen LogP contribution in [0.1, 0.15) is 44.6 Å².